The third-order valence-corrected chi connectivity index (χ3v) is 4.66. The predicted molar refractivity (Wildman–Crippen MR) is 90.1 cm³/mol. The first-order valence-corrected chi connectivity index (χ1v) is 8.25. The Labute approximate surface area is 137 Å². The Morgan fingerprint density at radius 3 is 2.74 bits per heavy atom. The Morgan fingerprint density at radius 1 is 1.26 bits per heavy atom. The van der Waals surface area contributed by atoms with Gasteiger partial charge in [0.05, 0.1) is 18.8 Å². The lowest BCUT2D eigenvalue weighted by Crippen LogP contribution is -2.50. The summed E-state index contributed by atoms with van der Waals surface area (Å²) in [4.78, 5) is 12.1. The molecule has 4 heteroatoms. The molecule has 1 saturated carbocycles. The van der Waals surface area contributed by atoms with Crippen molar-refractivity contribution in [2.45, 2.75) is 51.2 Å². The number of carbonyl (C=O) groups is 1. The van der Waals surface area contributed by atoms with Crippen LogP contribution in [0.4, 0.5) is 0 Å². The first kappa shape index (κ1) is 15.8. The molecule has 4 nitrogen and oxygen atoms in total. The summed E-state index contributed by atoms with van der Waals surface area (Å²) in [6, 6.07) is 12.5. The number of nitrogens with one attached hydrogen (secondary N) is 2. The lowest BCUT2D eigenvalue weighted by Gasteiger charge is -2.38. The van der Waals surface area contributed by atoms with Crippen LogP contribution in [0.3, 0.4) is 0 Å². The van der Waals surface area contributed by atoms with Crippen molar-refractivity contribution in [2.24, 2.45) is 0 Å². The molecule has 0 spiro atoms. The average molecular weight is 312 g/mol. The van der Waals surface area contributed by atoms with Gasteiger partial charge in [-0.15, -0.1) is 0 Å². The molecule has 1 aromatic carbocycles. The average Bonchev–Trinajstić information content (AvgIpc) is 3.02. The van der Waals surface area contributed by atoms with E-state index in [1.165, 1.54) is 11.1 Å². The minimum Gasteiger partial charge on any atom is -0.467 e. The number of hydrogen-bond acceptors (Lipinski definition) is 3. The maximum Gasteiger partial charge on any atom is 0.237 e. The number of furan rings is 1. The molecule has 0 saturated heterocycles. The number of aryl methyl sites for hydroxylation is 1. The van der Waals surface area contributed by atoms with Crippen molar-refractivity contribution in [2.75, 3.05) is 0 Å². The van der Waals surface area contributed by atoms with Crippen LogP contribution in [-0.2, 0) is 11.3 Å². The van der Waals surface area contributed by atoms with E-state index in [4.69, 9.17) is 4.42 Å². The van der Waals surface area contributed by atoms with Gasteiger partial charge in [0.1, 0.15) is 5.76 Å². The van der Waals surface area contributed by atoms with Gasteiger partial charge in [0.25, 0.3) is 0 Å². The molecule has 3 rings (SSSR count). The zero-order valence-electron chi connectivity index (χ0n) is 13.7. The van der Waals surface area contributed by atoms with Crippen LogP contribution in [0.5, 0.6) is 0 Å². The van der Waals surface area contributed by atoms with Crippen LogP contribution in [-0.4, -0.2) is 18.0 Å². The topological polar surface area (TPSA) is 54.3 Å². The van der Waals surface area contributed by atoms with E-state index in [9.17, 15) is 4.79 Å². The van der Waals surface area contributed by atoms with E-state index in [1.807, 2.05) is 19.1 Å². The van der Waals surface area contributed by atoms with Gasteiger partial charge in [-0.05, 0) is 55.9 Å². The number of amides is 1. The highest BCUT2D eigenvalue weighted by Crippen LogP contribution is 2.38. The molecule has 0 unspecified atom stereocenters. The third-order valence-electron chi connectivity index (χ3n) is 4.66. The molecule has 2 N–H and O–H groups in total. The van der Waals surface area contributed by atoms with E-state index in [-0.39, 0.29) is 11.9 Å². The molecule has 1 fully saturated rings. The van der Waals surface area contributed by atoms with Crippen LogP contribution in [0.2, 0.25) is 0 Å². The predicted octanol–water partition coefficient (Wildman–Crippen LogP) is 3.13. The van der Waals surface area contributed by atoms with Crippen molar-refractivity contribution in [3.05, 3.63) is 59.5 Å². The Bertz CT molecular complexity index is 645. The lowest BCUT2D eigenvalue weighted by atomic mass is 9.74. The molecule has 1 heterocycles. The Hall–Kier alpha value is -2.07. The van der Waals surface area contributed by atoms with E-state index in [0.29, 0.717) is 18.5 Å². The van der Waals surface area contributed by atoms with E-state index in [2.05, 4.69) is 41.8 Å². The Kier molecular flexibility index (Phi) is 4.82. The molecule has 23 heavy (non-hydrogen) atoms. The molecule has 0 aliphatic heterocycles. The quantitative estimate of drug-likeness (QED) is 0.861. The van der Waals surface area contributed by atoms with Crippen LogP contribution >= 0.6 is 0 Å². The first-order chi connectivity index (χ1) is 11.1. The van der Waals surface area contributed by atoms with Gasteiger partial charge >= 0.3 is 0 Å². The zero-order chi connectivity index (χ0) is 16.2. The maximum atomic E-state index is 12.1. The van der Waals surface area contributed by atoms with Crippen LogP contribution in [0.15, 0.2) is 47.1 Å². The minimum absolute atomic E-state index is 0.0146. The fourth-order valence-corrected chi connectivity index (χ4v) is 3.22. The highest BCUT2D eigenvalue weighted by atomic mass is 16.3. The lowest BCUT2D eigenvalue weighted by molar-refractivity contribution is -0.123. The van der Waals surface area contributed by atoms with Crippen molar-refractivity contribution < 1.29 is 9.21 Å². The molecule has 1 aliphatic rings. The van der Waals surface area contributed by atoms with Crippen molar-refractivity contribution in [1.82, 2.24) is 10.6 Å². The van der Waals surface area contributed by atoms with Crippen LogP contribution in [0.25, 0.3) is 0 Å². The second-order valence-electron chi connectivity index (χ2n) is 6.41. The largest absolute Gasteiger partial charge is 0.467 e. The molecule has 2 aromatic rings. The highest BCUT2D eigenvalue weighted by molar-refractivity contribution is 5.81. The fraction of sp³-hybridized carbons (Fsp3) is 0.421. The Morgan fingerprint density at radius 2 is 2.04 bits per heavy atom. The van der Waals surface area contributed by atoms with Gasteiger partial charge in [-0.3, -0.25) is 4.79 Å². The smallest absolute Gasteiger partial charge is 0.237 e. The second-order valence-corrected chi connectivity index (χ2v) is 6.41. The van der Waals surface area contributed by atoms with Crippen molar-refractivity contribution in [1.29, 1.82) is 0 Å². The van der Waals surface area contributed by atoms with Crippen LogP contribution < -0.4 is 10.6 Å². The SMILES string of the molecule is Cc1ccccc1C1CC(N[C@H](C)C(=O)NCc2ccco2)C1. The standard InChI is InChI=1S/C19H24N2O2/c1-13-6-3-4-8-18(13)15-10-16(11-15)21-14(2)19(22)20-12-17-7-5-9-23-17/h3-9,14-16,21H,10-12H2,1-2H3,(H,20,22)/t14-,15?,16?/m1/s1. The van der Waals surface area contributed by atoms with E-state index in [1.54, 1.807) is 6.26 Å². The summed E-state index contributed by atoms with van der Waals surface area (Å²) in [7, 11) is 0. The van der Waals surface area contributed by atoms with Gasteiger partial charge in [-0.2, -0.15) is 0 Å². The number of benzene rings is 1. The normalized spacial score (nSPS) is 21.5. The summed E-state index contributed by atoms with van der Waals surface area (Å²) < 4.78 is 5.22. The van der Waals surface area contributed by atoms with Gasteiger partial charge in [0.2, 0.25) is 5.91 Å². The Balaban J connectivity index is 1.42. The molecular weight excluding hydrogens is 288 g/mol. The molecule has 0 radical (unpaired) electrons. The highest BCUT2D eigenvalue weighted by Gasteiger charge is 2.32. The molecule has 0 bridgehead atoms. The van der Waals surface area contributed by atoms with Crippen molar-refractivity contribution >= 4 is 5.91 Å². The molecule has 1 aliphatic carbocycles. The summed E-state index contributed by atoms with van der Waals surface area (Å²) in [5.74, 6) is 1.40. The summed E-state index contributed by atoms with van der Waals surface area (Å²) >= 11 is 0. The summed E-state index contributed by atoms with van der Waals surface area (Å²) in [5, 5.41) is 6.32. The van der Waals surface area contributed by atoms with Gasteiger partial charge in [0, 0.05) is 6.04 Å². The van der Waals surface area contributed by atoms with Crippen LogP contribution in [0, 0.1) is 6.92 Å². The van der Waals surface area contributed by atoms with Crippen molar-refractivity contribution in [3.8, 4) is 0 Å². The second kappa shape index (κ2) is 7.01. The van der Waals surface area contributed by atoms with Gasteiger partial charge < -0.3 is 15.1 Å². The number of hydrogen-bond donors (Lipinski definition) is 2. The van der Waals surface area contributed by atoms with Gasteiger partial charge in [-0.1, -0.05) is 24.3 Å². The molecule has 1 aromatic heterocycles. The number of carbonyl (C=O) groups excluding carboxylic acids is 1. The fourth-order valence-electron chi connectivity index (χ4n) is 3.22. The summed E-state index contributed by atoms with van der Waals surface area (Å²) in [6.07, 6.45) is 3.81. The summed E-state index contributed by atoms with van der Waals surface area (Å²) in [5.41, 5.74) is 2.81. The molecule has 1 atom stereocenters. The van der Waals surface area contributed by atoms with E-state index >= 15 is 0 Å². The maximum absolute atomic E-state index is 12.1. The van der Waals surface area contributed by atoms with Crippen molar-refractivity contribution in [3.63, 3.8) is 0 Å². The molecule has 122 valence electrons. The summed E-state index contributed by atoms with van der Waals surface area (Å²) in [6.45, 7) is 4.52. The van der Waals surface area contributed by atoms with Gasteiger partial charge in [-0.25, -0.2) is 0 Å². The number of rotatable bonds is 6. The molecular formula is C19H24N2O2. The van der Waals surface area contributed by atoms with E-state index in [0.717, 1.165) is 18.6 Å². The molecule has 1 amide bonds. The minimum atomic E-state index is -0.187. The first-order valence-electron chi connectivity index (χ1n) is 8.25. The van der Waals surface area contributed by atoms with E-state index < -0.39 is 0 Å². The van der Waals surface area contributed by atoms with Crippen LogP contribution in [0.1, 0.15) is 42.6 Å². The monoisotopic (exact) mass is 312 g/mol. The zero-order valence-corrected chi connectivity index (χ0v) is 13.7. The van der Waals surface area contributed by atoms with Gasteiger partial charge in [0.15, 0.2) is 0 Å². The third kappa shape index (κ3) is 3.82.